The van der Waals surface area contributed by atoms with Gasteiger partial charge in [-0.2, -0.15) is 0 Å². The Morgan fingerprint density at radius 3 is 2.04 bits per heavy atom. The molecule has 0 fully saturated rings. The highest BCUT2D eigenvalue weighted by Crippen LogP contribution is 2.35. The number of hydrogen-bond donors (Lipinski definition) is 2. The molecule has 1 amide bonds. The summed E-state index contributed by atoms with van der Waals surface area (Å²) in [5, 5.41) is 12.4. The zero-order valence-corrected chi connectivity index (χ0v) is 17.2. The van der Waals surface area contributed by atoms with E-state index in [4.69, 9.17) is 4.74 Å². The van der Waals surface area contributed by atoms with Crippen molar-refractivity contribution in [2.45, 2.75) is 52.7 Å². The van der Waals surface area contributed by atoms with Crippen LogP contribution in [-0.2, 0) is 21.6 Å². The van der Waals surface area contributed by atoms with Crippen LogP contribution in [0.25, 0.3) is 0 Å². The van der Waals surface area contributed by atoms with Gasteiger partial charge in [-0.1, -0.05) is 75.4 Å². The third-order valence-electron chi connectivity index (χ3n) is 4.86. The molecule has 0 aliphatic rings. The Morgan fingerprint density at radius 2 is 1.54 bits per heavy atom. The molecule has 0 heterocycles. The molecule has 2 aromatic carbocycles. The van der Waals surface area contributed by atoms with Crippen LogP contribution in [0.4, 0.5) is 4.79 Å². The number of nitrogens with one attached hydrogen (secondary N) is 1. The van der Waals surface area contributed by atoms with Crippen molar-refractivity contribution in [3.63, 3.8) is 0 Å². The highest BCUT2D eigenvalue weighted by Gasteiger charge is 2.39. The first kappa shape index (κ1) is 21.5. The average Bonchev–Trinajstić information content (AvgIpc) is 2.64. The SMILES string of the molecule is CC(C)(C)c1ccc(C(NC(=O)OCc2ccccc2)C(C)(C)C(=O)O)cc1. The maximum absolute atomic E-state index is 12.4. The number of carbonyl (C=O) groups is 2. The van der Waals surface area contributed by atoms with Gasteiger partial charge in [0.1, 0.15) is 6.61 Å². The van der Waals surface area contributed by atoms with E-state index in [0.717, 1.165) is 16.7 Å². The summed E-state index contributed by atoms with van der Waals surface area (Å²) in [7, 11) is 0. The Balaban J connectivity index is 2.20. The van der Waals surface area contributed by atoms with Gasteiger partial charge in [0.15, 0.2) is 0 Å². The quantitative estimate of drug-likeness (QED) is 0.731. The summed E-state index contributed by atoms with van der Waals surface area (Å²) in [5.74, 6) is -0.999. The predicted molar refractivity (Wildman–Crippen MR) is 109 cm³/mol. The number of hydrogen-bond acceptors (Lipinski definition) is 3. The fraction of sp³-hybridized carbons (Fsp3) is 0.391. The number of alkyl carbamates (subject to hydrolysis) is 1. The number of carbonyl (C=O) groups excluding carboxylic acids is 1. The minimum Gasteiger partial charge on any atom is -0.481 e. The van der Waals surface area contributed by atoms with Crippen molar-refractivity contribution < 1.29 is 19.4 Å². The lowest BCUT2D eigenvalue weighted by Crippen LogP contribution is -2.42. The second-order valence-corrected chi connectivity index (χ2v) is 8.54. The molecular weight excluding hydrogens is 354 g/mol. The molecule has 0 spiro atoms. The third-order valence-corrected chi connectivity index (χ3v) is 4.86. The number of rotatable bonds is 6. The van der Waals surface area contributed by atoms with Crippen LogP contribution in [0, 0.1) is 5.41 Å². The van der Waals surface area contributed by atoms with E-state index in [0.29, 0.717) is 0 Å². The lowest BCUT2D eigenvalue weighted by molar-refractivity contribution is -0.148. The van der Waals surface area contributed by atoms with Crippen LogP contribution in [0.5, 0.6) is 0 Å². The number of carboxylic acid groups (broad SMARTS) is 1. The molecule has 5 heteroatoms. The van der Waals surface area contributed by atoms with Crippen LogP contribution in [0.3, 0.4) is 0 Å². The second-order valence-electron chi connectivity index (χ2n) is 8.54. The molecule has 150 valence electrons. The summed E-state index contributed by atoms with van der Waals surface area (Å²) in [4.78, 5) is 24.2. The van der Waals surface area contributed by atoms with E-state index in [-0.39, 0.29) is 12.0 Å². The van der Waals surface area contributed by atoms with Crippen molar-refractivity contribution in [3.05, 3.63) is 71.3 Å². The van der Waals surface area contributed by atoms with Gasteiger partial charge in [0.25, 0.3) is 0 Å². The van der Waals surface area contributed by atoms with Crippen LogP contribution in [0.2, 0.25) is 0 Å². The van der Waals surface area contributed by atoms with Gasteiger partial charge in [0, 0.05) is 0 Å². The summed E-state index contributed by atoms with van der Waals surface area (Å²) in [6.45, 7) is 9.64. The van der Waals surface area contributed by atoms with Crippen molar-refractivity contribution in [1.82, 2.24) is 5.32 Å². The molecular formula is C23H29NO4. The van der Waals surface area contributed by atoms with Crippen molar-refractivity contribution in [2.24, 2.45) is 5.41 Å². The third kappa shape index (κ3) is 5.35. The molecule has 1 unspecified atom stereocenters. The summed E-state index contributed by atoms with van der Waals surface area (Å²) in [5.41, 5.74) is 1.49. The maximum Gasteiger partial charge on any atom is 0.407 e. The summed E-state index contributed by atoms with van der Waals surface area (Å²) < 4.78 is 5.29. The zero-order valence-electron chi connectivity index (χ0n) is 17.2. The summed E-state index contributed by atoms with van der Waals surface area (Å²) >= 11 is 0. The standard InChI is InChI=1S/C23H29NO4/c1-22(2,3)18-13-11-17(12-14-18)19(23(4,5)20(25)26)24-21(27)28-15-16-9-7-6-8-10-16/h6-14,19H,15H2,1-5H3,(H,24,27)(H,25,26). The van der Waals surface area contributed by atoms with Crippen LogP contribution >= 0.6 is 0 Å². The van der Waals surface area contributed by atoms with E-state index >= 15 is 0 Å². The van der Waals surface area contributed by atoms with Gasteiger partial charge in [0.05, 0.1) is 11.5 Å². The summed E-state index contributed by atoms with van der Waals surface area (Å²) in [6.07, 6.45) is -0.650. The molecule has 0 aliphatic carbocycles. The first-order valence-electron chi connectivity index (χ1n) is 9.33. The second kappa shape index (κ2) is 8.46. The molecule has 0 saturated carbocycles. The Bertz CT molecular complexity index is 805. The maximum atomic E-state index is 12.4. The molecule has 0 aromatic heterocycles. The topological polar surface area (TPSA) is 75.6 Å². The van der Waals surface area contributed by atoms with Crippen molar-refractivity contribution in [1.29, 1.82) is 0 Å². The van der Waals surface area contributed by atoms with Gasteiger partial charge in [-0.25, -0.2) is 4.79 Å². The van der Waals surface area contributed by atoms with Crippen molar-refractivity contribution in [2.75, 3.05) is 0 Å². The number of ether oxygens (including phenoxy) is 1. The van der Waals surface area contributed by atoms with Crippen molar-refractivity contribution >= 4 is 12.1 Å². The minimum absolute atomic E-state index is 0.0155. The highest BCUT2D eigenvalue weighted by atomic mass is 16.5. The fourth-order valence-corrected chi connectivity index (χ4v) is 2.86. The van der Waals surface area contributed by atoms with E-state index in [1.165, 1.54) is 0 Å². The lowest BCUT2D eigenvalue weighted by atomic mass is 9.79. The fourth-order valence-electron chi connectivity index (χ4n) is 2.86. The Morgan fingerprint density at radius 1 is 0.964 bits per heavy atom. The van der Waals surface area contributed by atoms with Crippen LogP contribution in [0.15, 0.2) is 54.6 Å². The van der Waals surface area contributed by atoms with Crippen molar-refractivity contribution in [3.8, 4) is 0 Å². The number of amides is 1. The Labute approximate surface area is 166 Å². The van der Waals surface area contributed by atoms with E-state index in [1.807, 2.05) is 54.6 Å². The predicted octanol–water partition coefficient (Wildman–Crippen LogP) is 5.06. The van der Waals surface area contributed by atoms with Gasteiger partial charge in [-0.05, 0) is 36.0 Å². The molecule has 0 saturated heterocycles. The molecule has 2 rings (SSSR count). The molecule has 0 radical (unpaired) electrons. The lowest BCUT2D eigenvalue weighted by Gasteiger charge is -2.31. The van der Waals surface area contributed by atoms with E-state index < -0.39 is 23.5 Å². The zero-order chi connectivity index (χ0) is 20.9. The largest absolute Gasteiger partial charge is 0.481 e. The monoisotopic (exact) mass is 383 g/mol. The first-order chi connectivity index (χ1) is 13.0. The molecule has 5 nitrogen and oxygen atoms in total. The van der Waals surface area contributed by atoms with E-state index in [9.17, 15) is 14.7 Å². The Hall–Kier alpha value is -2.82. The van der Waals surface area contributed by atoms with Gasteiger partial charge < -0.3 is 15.2 Å². The van der Waals surface area contributed by atoms with Gasteiger partial charge in [-0.15, -0.1) is 0 Å². The smallest absolute Gasteiger partial charge is 0.407 e. The van der Waals surface area contributed by atoms with Gasteiger partial charge in [-0.3, -0.25) is 4.79 Å². The molecule has 2 N–H and O–H groups in total. The molecule has 1 atom stereocenters. The van der Waals surface area contributed by atoms with E-state index in [2.05, 4.69) is 26.1 Å². The molecule has 2 aromatic rings. The van der Waals surface area contributed by atoms with E-state index in [1.54, 1.807) is 13.8 Å². The Kier molecular flexibility index (Phi) is 6.49. The van der Waals surface area contributed by atoms with Crippen LogP contribution in [-0.4, -0.2) is 17.2 Å². The first-order valence-corrected chi connectivity index (χ1v) is 9.33. The van der Waals surface area contributed by atoms with Gasteiger partial charge >= 0.3 is 12.1 Å². The number of carboxylic acids is 1. The number of benzene rings is 2. The van der Waals surface area contributed by atoms with Crippen LogP contribution in [0.1, 0.15) is 57.4 Å². The normalized spacial score (nSPS) is 12.9. The molecule has 0 bridgehead atoms. The summed E-state index contributed by atoms with van der Waals surface area (Å²) in [6, 6.07) is 16.3. The average molecular weight is 383 g/mol. The van der Waals surface area contributed by atoms with Gasteiger partial charge in [0.2, 0.25) is 0 Å². The number of aliphatic carboxylic acids is 1. The molecule has 0 aliphatic heterocycles. The highest BCUT2D eigenvalue weighted by molar-refractivity contribution is 5.77. The van der Waals surface area contributed by atoms with Crippen LogP contribution < -0.4 is 5.32 Å². The molecule has 28 heavy (non-hydrogen) atoms. The minimum atomic E-state index is -1.21.